The lowest BCUT2D eigenvalue weighted by Gasteiger charge is -2.14. The van der Waals surface area contributed by atoms with Crippen LogP contribution in [0.2, 0.25) is 0 Å². The van der Waals surface area contributed by atoms with Crippen molar-refractivity contribution in [2.75, 3.05) is 7.11 Å². The van der Waals surface area contributed by atoms with Crippen LogP contribution in [0.1, 0.15) is 29.3 Å². The molecule has 0 radical (unpaired) electrons. The van der Waals surface area contributed by atoms with E-state index in [9.17, 15) is 0 Å². The van der Waals surface area contributed by atoms with Crippen LogP contribution in [0.15, 0.2) is 18.2 Å². The van der Waals surface area contributed by atoms with Gasteiger partial charge >= 0.3 is 0 Å². The van der Waals surface area contributed by atoms with Gasteiger partial charge in [0.05, 0.1) is 18.3 Å². The first-order chi connectivity index (χ1) is 8.49. The normalized spacial score (nSPS) is 13.3. The molecule has 0 saturated heterocycles. The lowest BCUT2D eigenvalue weighted by atomic mass is 10.1. The average molecular weight is 260 g/mol. The fourth-order valence-corrected chi connectivity index (χ4v) is 3.30. The molecule has 3 rings (SSSR count). The molecule has 4 heteroatoms. The largest absolute Gasteiger partial charge is 0.497 e. The molecule has 18 heavy (non-hydrogen) atoms. The third-order valence-corrected chi connectivity index (χ3v) is 4.57. The highest BCUT2D eigenvalue weighted by Gasteiger charge is 2.28. The Morgan fingerprint density at radius 3 is 2.83 bits per heavy atom. The Kier molecular flexibility index (Phi) is 2.47. The van der Waals surface area contributed by atoms with Gasteiger partial charge in [-0.1, -0.05) is 6.07 Å². The highest BCUT2D eigenvalue weighted by atomic mass is 32.1. The third kappa shape index (κ3) is 1.72. The van der Waals surface area contributed by atoms with E-state index >= 15 is 0 Å². The van der Waals surface area contributed by atoms with Crippen LogP contribution in [-0.4, -0.2) is 12.1 Å². The fraction of sp³-hybridized carbons (Fsp3) is 0.357. The molecule has 0 bridgehead atoms. The Morgan fingerprint density at radius 2 is 2.17 bits per heavy atom. The molecule has 2 N–H and O–H groups in total. The summed E-state index contributed by atoms with van der Waals surface area (Å²) in [5.41, 5.74) is 9.35. The second-order valence-electron chi connectivity index (χ2n) is 5.21. The predicted octanol–water partition coefficient (Wildman–Crippen LogP) is 2.92. The van der Waals surface area contributed by atoms with Crippen molar-refractivity contribution in [1.29, 1.82) is 0 Å². The molecule has 0 saturated carbocycles. The maximum atomic E-state index is 6.12. The van der Waals surface area contributed by atoms with Gasteiger partial charge in [0.1, 0.15) is 10.8 Å². The van der Waals surface area contributed by atoms with E-state index < -0.39 is 0 Å². The molecule has 1 heterocycles. The zero-order chi connectivity index (χ0) is 12.9. The molecule has 0 amide bonds. The zero-order valence-electron chi connectivity index (χ0n) is 10.8. The Bertz CT molecular complexity index is 611. The van der Waals surface area contributed by atoms with E-state index in [0.29, 0.717) is 0 Å². The SMILES string of the molecule is COc1ccc2c(c1)-c1nc(C(C)(C)N)sc1C2. The molecule has 94 valence electrons. The molecule has 1 aromatic carbocycles. The molecule has 1 aromatic heterocycles. The number of benzene rings is 1. The number of fused-ring (bicyclic) bond motifs is 3. The maximum absolute atomic E-state index is 6.12. The second-order valence-corrected chi connectivity index (χ2v) is 6.30. The molecule has 2 aromatic rings. The first kappa shape index (κ1) is 11.7. The standard InChI is InChI=1S/C14H16N2OS/c1-14(2,15)13-16-12-10-7-9(17-3)5-4-8(10)6-11(12)18-13/h4-5,7H,6,15H2,1-3H3. The minimum absolute atomic E-state index is 0.367. The van der Waals surface area contributed by atoms with Crippen molar-refractivity contribution in [2.45, 2.75) is 25.8 Å². The van der Waals surface area contributed by atoms with E-state index in [-0.39, 0.29) is 5.54 Å². The number of thiazole rings is 1. The van der Waals surface area contributed by atoms with Crippen molar-refractivity contribution in [3.63, 3.8) is 0 Å². The van der Waals surface area contributed by atoms with Gasteiger partial charge in [-0.25, -0.2) is 4.98 Å². The van der Waals surface area contributed by atoms with Gasteiger partial charge in [-0.2, -0.15) is 0 Å². The summed E-state index contributed by atoms with van der Waals surface area (Å²) >= 11 is 1.72. The molecule has 0 unspecified atom stereocenters. The van der Waals surface area contributed by atoms with Gasteiger partial charge in [0.25, 0.3) is 0 Å². The zero-order valence-corrected chi connectivity index (χ0v) is 11.6. The van der Waals surface area contributed by atoms with E-state index in [1.807, 2.05) is 19.9 Å². The summed E-state index contributed by atoms with van der Waals surface area (Å²) in [6.45, 7) is 3.99. The van der Waals surface area contributed by atoms with Crippen molar-refractivity contribution in [3.8, 4) is 17.0 Å². The van der Waals surface area contributed by atoms with Crippen LogP contribution in [-0.2, 0) is 12.0 Å². The quantitative estimate of drug-likeness (QED) is 0.770. The maximum Gasteiger partial charge on any atom is 0.119 e. The molecule has 0 aliphatic heterocycles. The summed E-state index contributed by atoms with van der Waals surface area (Å²) in [5.74, 6) is 0.878. The predicted molar refractivity (Wildman–Crippen MR) is 74.1 cm³/mol. The number of hydrogen-bond donors (Lipinski definition) is 1. The van der Waals surface area contributed by atoms with Crippen LogP contribution in [0.25, 0.3) is 11.3 Å². The first-order valence-corrected chi connectivity index (χ1v) is 6.77. The molecule has 3 nitrogen and oxygen atoms in total. The summed E-state index contributed by atoms with van der Waals surface area (Å²) in [5, 5.41) is 1.00. The summed E-state index contributed by atoms with van der Waals surface area (Å²) < 4.78 is 5.28. The smallest absolute Gasteiger partial charge is 0.119 e. The molecular formula is C14H16N2OS. The second kappa shape index (κ2) is 3.80. The van der Waals surface area contributed by atoms with Crippen LogP contribution < -0.4 is 10.5 Å². The average Bonchev–Trinajstić information content (AvgIpc) is 2.84. The Balaban J connectivity index is 2.11. The van der Waals surface area contributed by atoms with E-state index in [0.717, 1.165) is 22.9 Å². The molecule has 0 spiro atoms. The Morgan fingerprint density at radius 1 is 1.39 bits per heavy atom. The highest BCUT2D eigenvalue weighted by Crippen LogP contribution is 2.42. The van der Waals surface area contributed by atoms with Crippen molar-refractivity contribution in [1.82, 2.24) is 4.98 Å². The number of nitrogens with two attached hydrogens (primary N) is 1. The fourth-order valence-electron chi connectivity index (χ4n) is 2.19. The van der Waals surface area contributed by atoms with Crippen molar-refractivity contribution in [3.05, 3.63) is 33.6 Å². The molecule has 0 fully saturated rings. The third-order valence-electron chi connectivity index (χ3n) is 3.17. The van der Waals surface area contributed by atoms with Crippen molar-refractivity contribution >= 4 is 11.3 Å². The first-order valence-electron chi connectivity index (χ1n) is 5.95. The topological polar surface area (TPSA) is 48.1 Å². The Hall–Kier alpha value is -1.39. The molecule has 1 aliphatic carbocycles. The number of methoxy groups -OCH3 is 1. The van der Waals surface area contributed by atoms with Crippen LogP contribution in [0.4, 0.5) is 0 Å². The number of nitrogens with zero attached hydrogens (tertiary/aromatic N) is 1. The number of rotatable bonds is 2. The Labute approximate surface area is 111 Å². The summed E-state index contributed by atoms with van der Waals surface area (Å²) in [7, 11) is 1.69. The highest BCUT2D eigenvalue weighted by molar-refractivity contribution is 7.12. The van der Waals surface area contributed by atoms with Crippen molar-refractivity contribution in [2.24, 2.45) is 5.73 Å². The lowest BCUT2D eigenvalue weighted by Crippen LogP contribution is -2.28. The van der Waals surface area contributed by atoms with Gasteiger partial charge < -0.3 is 10.5 Å². The van der Waals surface area contributed by atoms with E-state index in [1.54, 1.807) is 18.4 Å². The summed E-state index contributed by atoms with van der Waals surface area (Å²) in [4.78, 5) is 6.03. The molecule has 0 atom stereocenters. The van der Waals surface area contributed by atoms with Crippen LogP contribution in [0.5, 0.6) is 5.75 Å². The number of hydrogen-bond acceptors (Lipinski definition) is 4. The monoisotopic (exact) mass is 260 g/mol. The van der Waals surface area contributed by atoms with E-state index in [4.69, 9.17) is 15.5 Å². The van der Waals surface area contributed by atoms with Gasteiger partial charge in [-0.15, -0.1) is 11.3 Å². The van der Waals surface area contributed by atoms with Gasteiger partial charge in [-0.3, -0.25) is 0 Å². The summed E-state index contributed by atoms with van der Waals surface area (Å²) in [6, 6.07) is 6.19. The van der Waals surface area contributed by atoms with Crippen LogP contribution in [0.3, 0.4) is 0 Å². The number of ether oxygens (including phenoxy) is 1. The summed E-state index contributed by atoms with van der Waals surface area (Å²) in [6.07, 6.45) is 0.961. The van der Waals surface area contributed by atoms with Crippen molar-refractivity contribution < 1.29 is 4.74 Å². The van der Waals surface area contributed by atoms with Gasteiger partial charge in [0.15, 0.2) is 0 Å². The van der Waals surface area contributed by atoms with Gasteiger partial charge in [0, 0.05) is 16.9 Å². The van der Waals surface area contributed by atoms with Crippen LogP contribution in [0, 0.1) is 0 Å². The van der Waals surface area contributed by atoms with E-state index in [1.165, 1.54) is 16.0 Å². The van der Waals surface area contributed by atoms with E-state index in [2.05, 4.69) is 12.1 Å². The minimum atomic E-state index is -0.367. The number of aromatic nitrogens is 1. The van der Waals surface area contributed by atoms with Gasteiger partial charge in [0.2, 0.25) is 0 Å². The molecular weight excluding hydrogens is 244 g/mol. The minimum Gasteiger partial charge on any atom is -0.497 e. The molecule has 1 aliphatic rings. The van der Waals surface area contributed by atoms with Crippen LogP contribution >= 0.6 is 11.3 Å². The van der Waals surface area contributed by atoms with Gasteiger partial charge in [-0.05, 0) is 31.5 Å². The lowest BCUT2D eigenvalue weighted by molar-refractivity contribution is 0.415.